The molecular formula is C20H20N2O2. The van der Waals surface area contributed by atoms with Crippen molar-refractivity contribution in [1.82, 2.24) is 4.98 Å². The van der Waals surface area contributed by atoms with Gasteiger partial charge in [0.15, 0.2) is 11.5 Å². The number of hydrogen-bond donors (Lipinski definition) is 2. The number of phenolic OH excluding ortho intramolecular Hbond substituents is 1. The molecule has 0 bridgehead atoms. The van der Waals surface area contributed by atoms with E-state index in [1.807, 2.05) is 30.3 Å². The van der Waals surface area contributed by atoms with Crippen LogP contribution in [-0.4, -0.2) is 17.2 Å². The summed E-state index contributed by atoms with van der Waals surface area (Å²) in [5, 5.41) is 13.2. The van der Waals surface area contributed by atoms with Gasteiger partial charge in [-0.2, -0.15) is 0 Å². The first-order chi connectivity index (χ1) is 11.7. The Labute approximate surface area is 141 Å². The van der Waals surface area contributed by atoms with Gasteiger partial charge in [-0.15, -0.1) is 0 Å². The Kier molecular flexibility index (Phi) is 4.66. The molecular weight excluding hydrogens is 300 g/mol. The second-order valence-electron chi connectivity index (χ2n) is 5.63. The monoisotopic (exact) mass is 320 g/mol. The van der Waals surface area contributed by atoms with E-state index in [1.54, 1.807) is 24.5 Å². The average molecular weight is 320 g/mol. The van der Waals surface area contributed by atoms with E-state index in [4.69, 9.17) is 4.74 Å². The number of nitrogens with zero attached hydrogens (tertiary/aromatic N) is 1. The first-order valence-corrected chi connectivity index (χ1v) is 7.81. The molecule has 0 saturated heterocycles. The SMILES string of the molecule is COc1cc(-c2cncc(NC(C)c3ccccc3)c2)ccc1O. The van der Waals surface area contributed by atoms with Gasteiger partial charge in [-0.25, -0.2) is 0 Å². The predicted octanol–water partition coefficient (Wildman–Crippen LogP) is 4.64. The zero-order chi connectivity index (χ0) is 16.9. The highest BCUT2D eigenvalue weighted by molar-refractivity contribution is 5.69. The van der Waals surface area contributed by atoms with E-state index in [1.165, 1.54) is 12.7 Å². The van der Waals surface area contributed by atoms with Gasteiger partial charge in [-0.05, 0) is 36.2 Å². The molecule has 4 heteroatoms. The third kappa shape index (κ3) is 3.49. The maximum absolute atomic E-state index is 9.73. The molecule has 0 saturated carbocycles. The van der Waals surface area contributed by atoms with Gasteiger partial charge in [-0.3, -0.25) is 4.98 Å². The summed E-state index contributed by atoms with van der Waals surface area (Å²) in [6.45, 7) is 2.12. The van der Waals surface area contributed by atoms with Crippen LogP contribution in [0.1, 0.15) is 18.5 Å². The summed E-state index contributed by atoms with van der Waals surface area (Å²) in [4.78, 5) is 4.32. The molecule has 0 aliphatic heterocycles. The van der Waals surface area contributed by atoms with Crippen molar-refractivity contribution in [1.29, 1.82) is 0 Å². The lowest BCUT2D eigenvalue weighted by Crippen LogP contribution is -2.06. The zero-order valence-electron chi connectivity index (χ0n) is 13.7. The summed E-state index contributed by atoms with van der Waals surface area (Å²) in [6, 6.07) is 17.8. The number of hydrogen-bond acceptors (Lipinski definition) is 4. The Hall–Kier alpha value is -3.01. The highest BCUT2D eigenvalue weighted by Gasteiger charge is 2.08. The number of anilines is 1. The molecule has 2 aromatic carbocycles. The minimum atomic E-state index is 0.126. The van der Waals surface area contributed by atoms with Crippen LogP contribution in [0.25, 0.3) is 11.1 Å². The van der Waals surface area contributed by atoms with E-state index in [0.717, 1.165) is 16.8 Å². The number of methoxy groups -OCH3 is 1. The third-order valence-corrected chi connectivity index (χ3v) is 3.93. The van der Waals surface area contributed by atoms with E-state index < -0.39 is 0 Å². The summed E-state index contributed by atoms with van der Waals surface area (Å²) in [7, 11) is 1.54. The van der Waals surface area contributed by atoms with Crippen molar-refractivity contribution in [3.8, 4) is 22.6 Å². The normalized spacial score (nSPS) is 11.8. The zero-order valence-corrected chi connectivity index (χ0v) is 13.7. The Morgan fingerprint density at radius 1 is 1.00 bits per heavy atom. The highest BCUT2D eigenvalue weighted by atomic mass is 16.5. The highest BCUT2D eigenvalue weighted by Crippen LogP contribution is 2.32. The summed E-state index contributed by atoms with van der Waals surface area (Å²) in [6.07, 6.45) is 3.60. The fourth-order valence-electron chi connectivity index (χ4n) is 2.61. The minimum absolute atomic E-state index is 0.126. The fourth-order valence-corrected chi connectivity index (χ4v) is 2.61. The Morgan fingerprint density at radius 3 is 2.54 bits per heavy atom. The molecule has 3 aromatic rings. The fraction of sp³-hybridized carbons (Fsp3) is 0.150. The molecule has 24 heavy (non-hydrogen) atoms. The molecule has 3 rings (SSSR count). The molecule has 0 amide bonds. The number of ether oxygens (including phenoxy) is 1. The molecule has 0 fully saturated rings. The number of nitrogens with one attached hydrogen (secondary N) is 1. The van der Waals surface area contributed by atoms with Crippen LogP contribution in [0.4, 0.5) is 5.69 Å². The van der Waals surface area contributed by atoms with Crippen molar-refractivity contribution < 1.29 is 9.84 Å². The van der Waals surface area contributed by atoms with Crippen LogP contribution in [0.2, 0.25) is 0 Å². The van der Waals surface area contributed by atoms with E-state index in [-0.39, 0.29) is 11.8 Å². The van der Waals surface area contributed by atoms with Crippen molar-refractivity contribution in [2.45, 2.75) is 13.0 Å². The molecule has 122 valence electrons. The van der Waals surface area contributed by atoms with Gasteiger partial charge in [0, 0.05) is 24.0 Å². The van der Waals surface area contributed by atoms with Gasteiger partial charge >= 0.3 is 0 Å². The summed E-state index contributed by atoms with van der Waals surface area (Å²) < 4.78 is 5.17. The molecule has 1 heterocycles. The summed E-state index contributed by atoms with van der Waals surface area (Å²) in [5.41, 5.74) is 4.05. The Bertz CT molecular complexity index is 819. The molecule has 0 spiro atoms. The van der Waals surface area contributed by atoms with Gasteiger partial charge in [-0.1, -0.05) is 36.4 Å². The van der Waals surface area contributed by atoms with E-state index in [9.17, 15) is 5.11 Å². The lowest BCUT2D eigenvalue weighted by Gasteiger charge is -2.16. The lowest BCUT2D eigenvalue weighted by atomic mass is 10.1. The van der Waals surface area contributed by atoms with Gasteiger partial charge < -0.3 is 15.2 Å². The van der Waals surface area contributed by atoms with Gasteiger partial charge in [0.1, 0.15) is 0 Å². The Morgan fingerprint density at radius 2 is 1.79 bits per heavy atom. The standard InChI is InChI=1S/C20H20N2O2/c1-14(15-6-4-3-5-7-15)22-18-10-17(12-21-13-18)16-8-9-19(23)20(11-16)24-2/h3-14,22-23H,1-2H3. The third-order valence-electron chi connectivity index (χ3n) is 3.93. The smallest absolute Gasteiger partial charge is 0.161 e. The maximum Gasteiger partial charge on any atom is 0.161 e. The molecule has 1 atom stereocenters. The van der Waals surface area contributed by atoms with Crippen molar-refractivity contribution in [3.05, 3.63) is 72.6 Å². The minimum Gasteiger partial charge on any atom is -0.504 e. The van der Waals surface area contributed by atoms with Crippen LogP contribution < -0.4 is 10.1 Å². The van der Waals surface area contributed by atoms with Crippen molar-refractivity contribution in [2.75, 3.05) is 12.4 Å². The quantitative estimate of drug-likeness (QED) is 0.719. The van der Waals surface area contributed by atoms with E-state index >= 15 is 0 Å². The van der Waals surface area contributed by atoms with Crippen molar-refractivity contribution in [3.63, 3.8) is 0 Å². The molecule has 0 aliphatic rings. The predicted molar refractivity (Wildman–Crippen MR) is 96.4 cm³/mol. The van der Waals surface area contributed by atoms with Crippen LogP contribution in [-0.2, 0) is 0 Å². The molecule has 1 aromatic heterocycles. The van der Waals surface area contributed by atoms with E-state index in [0.29, 0.717) is 5.75 Å². The Balaban J connectivity index is 1.84. The number of pyridine rings is 1. The molecule has 0 radical (unpaired) electrons. The maximum atomic E-state index is 9.73. The number of benzene rings is 2. The number of aromatic nitrogens is 1. The van der Waals surface area contributed by atoms with Crippen LogP contribution in [0.3, 0.4) is 0 Å². The van der Waals surface area contributed by atoms with Crippen LogP contribution in [0, 0.1) is 0 Å². The second-order valence-corrected chi connectivity index (χ2v) is 5.63. The summed E-state index contributed by atoms with van der Waals surface area (Å²) in [5.74, 6) is 0.574. The lowest BCUT2D eigenvalue weighted by molar-refractivity contribution is 0.373. The topological polar surface area (TPSA) is 54.4 Å². The number of rotatable bonds is 5. The summed E-state index contributed by atoms with van der Waals surface area (Å²) >= 11 is 0. The van der Waals surface area contributed by atoms with Gasteiger partial charge in [0.25, 0.3) is 0 Å². The van der Waals surface area contributed by atoms with E-state index in [2.05, 4.69) is 29.4 Å². The largest absolute Gasteiger partial charge is 0.504 e. The number of phenols is 1. The molecule has 2 N–H and O–H groups in total. The van der Waals surface area contributed by atoms with Crippen LogP contribution in [0.5, 0.6) is 11.5 Å². The van der Waals surface area contributed by atoms with Gasteiger partial charge in [0.05, 0.1) is 12.8 Å². The van der Waals surface area contributed by atoms with Gasteiger partial charge in [0.2, 0.25) is 0 Å². The first kappa shape index (κ1) is 15.9. The second kappa shape index (κ2) is 7.04. The van der Waals surface area contributed by atoms with Crippen LogP contribution >= 0.6 is 0 Å². The molecule has 1 unspecified atom stereocenters. The molecule has 4 nitrogen and oxygen atoms in total. The molecule has 0 aliphatic carbocycles. The van der Waals surface area contributed by atoms with Crippen molar-refractivity contribution >= 4 is 5.69 Å². The first-order valence-electron chi connectivity index (χ1n) is 7.81. The number of aromatic hydroxyl groups is 1. The van der Waals surface area contributed by atoms with Crippen LogP contribution in [0.15, 0.2) is 67.0 Å². The average Bonchev–Trinajstić information content (AvgIpc) is 2.63. The van der Waals surface area contributed by atoms with Crippen molar-refractivity contribution in [2.24, 2.45) is 0 Å².